The Labute approximate surface area is 216 Å². The highest BCUT2D eigenvalue weighted by Gasteiger charge is 2.23. The largest absolute Gasteiger partial charge is 0.470 e. The standard InChI is InChI=1S/C27H32N6O2S/c1-32-13-15-33(16-14-32)25-27(35-19-20-7-3-2-4-8-20)31-24(18-29-25)36-22-10-5-9-21(17-22)30-26(34)23-11-6-12-28-23/h2-5,7-10,17-18,23,28H,6,11-16,19H2,1H3,(H,30,34). The van der Waals surface area contributed by atoms with Crippen molar-refractivity contribution in [1.29, 1.82) is 0 Å². The molecular formula is C27H32N6O2S. The summed E-state index contributed by atoms with van der Waals surface area (Å²) in [6.07, 6.45) is 3.72. The number of nitrogens with one attached hydrogen (secondary N) is 2. The van der Waals surface area contributed by atoms with Crippen molar-refractivity contribution in [1.82, 2.24) is 20.2 Å². The van der Waals surface area contributed by atoms with Gasteiger partial charge in [0.05, 0.1) is 12.2 Å². The van der Waals surface area contributed by atoms with Gasteiger partial charge in [-0.05, 0) is 50.2 Å². The molecule has 2 aliphatic heterocycles. The molecule has 2 aromatic carbocycles. The first-order chi connectivity index (χ1) is 17.6. The number of ether oxygens (including phenoxy) is 1. The fourth-order valence-electron chi connectivity index (χ4n) is 4.35. The number of carbonyl (C=O) groups is 1. The lowest BCUT2D eigenvalue weighted by Gasteiger charge is -2.33. The predicted octanol–water partition coefficient (Wildman–Crippen LogP) is 3.65. The van der Waals surface area contributed by atoms with E-state index in [1.807, 2.05) is 54.6 Å². The third-order valence-corrected chi connectivity index (χ3v) is 7.32. The van der Waals surface area contributed by atoms with Crippen LogP contribution in [0, 0.1) is 0 Å². The molecule has 0 spiro atoms. The maximum Gasteiger partial charge on any atom is 0.259 e. The summed E-state index contributed by atoms with van der Waals surface area (Å²) in [7, 11) is 2.14. The van der Waals surface area contributed by atoms with Crippen LogP contribution in [-0.4, -0.2) is 66.6 Å². The minimum Gasteiger partial charge on any atom is -0.470 e. The summed E-state index contributed by atoms with van der Waals surface area (Å²) in [5, 5.41) is 7.02. The van der Waals surface area contributed by atoms with Crippen LogP contribution in [0.2, 0.25) is 0 Å². The lowest BCUT2D eigenvalue weighted by Crippen LogP contribution is -2.45. The molecule has 2 aliphatic rings. The van der Waals surface area contributed by atoms with E-state index < -0.39 is 0 Å². The third-order valence-electron chi connectivity index (χ3n) is 6.42. The van der Waals surface area contributed by atoms with Crippen LogP contribution >= 0.6 is 11.8 Å². The minimum absolute atomic E-state index is 0.0163. The number of anilines is 2. The fraction of sp³-hybridized carbons (Fsp3) is 0.370. The Bertz CT molecular complexity index is 1160. The van der Waals surface area contributed by atoms with Crippen LogP contribution in [0.1, 0.15) is 18.4 Å². The zero-order valence-corrected chi connectivity index (χ0v) is 21.3. The summed E-state index contributed by atoms with van der Waals surface area (Å²) in [5.74, 6) is 1.35. The number of likely N-dealkylation sites (N-methyl/N-ethyl adjacent to an activating group) is 1. The number of benzene rings is 2. The van der Waals surface area contributed by atoms with E-state index in [1.54, 1.807) is 6.20 Å². The van der Waals surface area contributed by atoms with Crippen molar-refractivity contribution in [3.8, 4) is 5.88 Å². The van der Waals surface area contributed by atoms with E-state index in [4.69, 9.17) is 14.7 Å². The van der Waals surface area contributed by atoms with E-state index in [0.29, 0.717) is 12.5 Å². The van der Waals surface area contributed by atoms with E-state index in [1.165, 1.54) is 11.8 Å². The molecule has 5 rings (SSSR count). The Balaban J connectivity index is 1.32. The maximum atomic E-state index is 12.5. The zero-order chi connectivity index (χ0) is 24.7. The van der Waals surface area contributed by atoms with Gasteiger partial charge in [0.15, 0.2) is 5.82 Å². The second-order valence-electron chi connectivity index (χ2n) is 9.17. The predicted molar refractivity (Wildman–Crippen MR) is 143 cm³/mol. The van der Waals surface area contributed by atoms with Crippen molar-refractivity contribution >= 4 is 29.2 Å². The van der Waals surface area contributed by atoms with Gasteiger partial charge in [0.25, 0.3) is 5.88 Å². The van der Waals surface area contributed by atoms with Gasteiger partial charge in [0.2, 0.25) is 5.91 Å². The first kappa shape index (κ1) is 24.5. The maximum absolute atomic E-state index is 12.5. The molecule has 0 bridgehead atoms. The van der Waals surface area contributed by atoms with Gasteiger partial charge in [0, 0.05) is 36.8 Å². The lowest BCUT2D eigenvalue weighted by atomic mass is 10.2. The molecule has 8 nitrogen and oxygen atoms in total. The number of hydrogen-bond donors (Lipinski definition) is 2. The van der Waals surface area contributed by atoms with Crippen molar-refractivity contribution < 1.29 is 9.53 Å². The highest BCUT2D eigenvalue weighted by molar-refractivity contribution is 7.99. The quantitative estimate of drug-likeness (QED) is 0.481. The molecule has 1 aromatic heterocycles. The number of amides is 1. The lowest BCUT2D eigenvalue weighted by molar-refractivity contribution is -0.117. The summed E-state index contributed by atoms with van der Waals surface area (Å²) in [6.45, 7) is 5.05. The van der Waals surface area contributed by atoms with E-state index in [-0.39, 0.29) is 11.9 Å². The van der Waals surface area contributed by atoms with Crippen LogP contribution < -0.4 is 20.3 Å². The molecule has 0 saturated carbocycles. The van der Waals surface area contributed by atoms with Crippen molar-refractivity contribution in [2.24, 2.45) is 0 Å². The van der Waals surface area contributed by atoms with Crippen LogP contribution in [0.5, 0.6) is 5.88 Å². The van der Waals surface area contributed by atoms with Gasteiger partial charge in [-0.25, -0.2) is 9.97 Å². The number of hydrogen-bond acceptors (Lipinski definition) is 8. The second kappa shape index (κ2) is 11.7. The van der Waals surface area contributed by atoms with Crippen LogP contribution in [0.25, 0.3) is 0 Å². The fourth-order valence-corrected chi connectivity index (χ4v) is 5.16. The molecule has 0 radical (unpaired) electrons. The topological polar surface area (TPSA) is 82.6 Å². The molecule has 188 valence electrons. The summed E-state index contributed by atoms with van der Waals surface area (Å²) >= 11 is 1.51. The summed E-state index contributed by atoms with van der Waals surface area (Å²) in [4.78, 5) is 27.7. The zero-order valence-electron chi connectivity index (χ0n) is 20.5. The number of carbonyl (C=O) groups excluding carboxylic acids is 1. The van der Waals surface area contributed by atoms with Crippen LogP contribution in [0.15, 0.2) is 70.7 Å². The van der Waals surface area contributed by atoms with E-state index in [2.05, 4.69) is 27.5 Å². The van der Waals surface area contributed by atoms with Crippen LogP contribution in [-0.2, 0) is 11.4 Å². The van der Waals surface area contributed by atoms with E-state index >= 15 is 0 Å². The monoisotopic (exact) mass is 504 g/mol. The number of aromatic nitrogens is 2. The Hall–Kier alpha value is -3.14. The number of rotatable bonds is 8. The minimum atomic E-state index is -0.112. The average Bonchev–Trinajstić information content (AvgIpc) is 3.45. The number of nitrogens with zero attached hydrogens (tertiary/aromatic N) is 4. The van der Waals surface area contributed by atoms with Crippen molar-refractivity contribution in [2.45, 2.75) is 35.4 Å². The SMILES string of the molecule is CN1CCN(c2ncc(Sc3cccc(NC(=O)C4CCCN4)c3)nc2OCc2ccccc2)CC1. The van der Waals surface area contributed by atoms with Gasteiger partial charge < -0.3 is 25.2 Å². The molecule has 2 saturated heterocycles. The third kappa shape index (κ3) is 6.34. The highest BCUT2D eigenvalue weighted by Crippen LogP contribution is 2.33. The van der Waals surface area contributed by atoms with Gasteiger partial charge in [-0.2, -0.15) is 0 Å². The van der Waals surface area contributed by atoms with Gasteiger partial charge in [0.1, 0.15) is 11.6 Å². The molecule has 1 amide bonds. The molecule has 1 atom stereocenters. The summed E-state index contributed by atoms with van der Waals surface area (Å²) in [6, 6.07) is 17.8. The molecule has 3 aromatic rings. The van der Waals surface area contributed by atoms with E-state index in [9.17, 15) is 4.79 Å². The van der Waals surface area contributed by atoms with Gasteiger partial charge in [-0.3, -0.25) is 4.79 Å². The number of piperazine rings is 1. The molecule has 3 heterocycles. The Morgan fingerprint density at radius 1 is 1.14 bits per heavy atom. The Morgan fingerprint density at radius 2 is 1.97 bits per heavy atom. The van der Waals surface area contributed by atoms with Crippen molar-refractivity contribution in [3.05, 3.63) is 66.4 Å². The average molecular weight is 505 g/mol. The van der Waals surface area contributed by atoms with Crippen molar-refractivity contribution in [3.63, 3.8) is 0 Å². The Morgan fingerprint density at radius 3 is 2.75 bits per heavy atom. The molecule has 0 aliphatic carbocycles. The highest BCUT2D eigenvalue weighted by atomic mass is 32.2. The molecular weight excluding hydrogens is 472 g/mol. The van der Waals surface area contributed by atoms with Gasteiger partial charge >= 0.3 is 0 Å². The molecule has 2 fully saturated rings. The first-order valence-corrected chi connectivity index (χ1v) is 13.2. The molecule has 1 unspecified atom stereocenters. The second-order valence-corrected chi connectivity index (χ2v) is 10.3. The molecule has 9 heteroatoms. The van der Waals surface area contributed by atoms with E-state index in [0.717, 1.165) is 72.6 Å². The van der Waals surface area contributed by atoms with Crippen molar-refractivity contribution in [2.75, 3.05) is 50.0 Å². The first-order valence-electron chi connectivity index (χ1n) is 12.4. The van der Waals surface area contributed by atoms with Gasteiger partial charge in [-0.1, -0.05) is 48.2 Å². The van der Waals surface area contributed by atoms with Crippen LogP contribution in [0.4, 0.5) is 11.5 Å². The normalized spacial score (nSPS) is 18.2. The smallest absolute Gasteiger partial charge is 0.259 e. The van der Waals surface area contributed by atoms with Gasteiger partial charge in [-0.15, -0.1) is 0 Å². The summed E-state index contributed by atoms with van der Waals surface area (Å²) in [5.41, 5.74) is 1.86. The van der Waals surface area contributed by atoms with Crippen LogP contribution in [0.3, 0.4) is 0 Å². The Kier molecular flexibility index (Phi) is 8.00. The molecule has 2 N–H and O–H groups in total. The molecule has 36 heavy (non-hydrogen) atoms. The summed E-state index contributed by atoms with van der Waals surface area (Å²) < 4.78 is 6.21.